The molecule has 0 amide bonds. The lowest BCUT2D eigenvalue weighted by Crippen LogP contribution is -2.60. The molecule has 0 N–H and O–H groups in total. The first-order valence-corrected chi connectivity index (χ1v) is 22.7. The smallest absolute Gasteiger partial charge is 0.333 e. The van der Waals surface area contributed by atoms with E-state index in [4.69, 9.17) is 4.42 Å². The zero-order chi connectivity index (χ0) is 42.6. The first-order valence-electron chi connectivity index (χ1n) is 22.7. The second kappa shape index (κ2) is 11.4. The Morgan fingerprint density at radius 2 is 1.17 bits per heavy atom. The van der Waals surface area contributed by atoms with E-state index in [-0.39, 0.29) is 23.1 Å². The van der Waals surface area contributed by atoms with Gasteiger partial charge in [-0.3, -0.25) is 0 Å². The maximum Gasteiger partial charge on any atom is 0.333 e. The molecule has 63 heavy (non-hydrogen) atoms. The Labute approximate surface area is 368 Å². The van der Waals surface area contributed by atoms with E-state index < -0.39 is 0 Å². The Morgan fingerprint density at radius 3 is 1.89 bits per heavy atom. The lowest BCUT2D eigenvalue weighted by molar-refractivity contribution is 0.590. The van der Waals surface area contributed by atoms with E-state index in [1.807, 2.05) is 0 Å². The van der Waals surface area contributed by atoms with E-state index in [9.17, 15) is 0 Å². The summed E-state index contributed by atoms with van der Waals surface area (Å²) in [5.41, 5.74) is 26.8. The van der Waals surface area contributed by atoms with Gasteiger partial charge in [0.05, 0.1) is 11.0 Å². The molecule has 2 aromatic heterocycles. The van der Waals surface area contributed by atoms with Crippen molar-refractivity contribution in [1.82, 2.24) is 4.57 Å². The van der Waals surface area contributed by atoms with Gasteiger partial charge < -0.3 is 13.8 Å². The number of hydrogen-bond donors (Lipinski definition) is 0. The van der Waals surface area contributed by atoms with E-state index in [1.54, 1.807) is 0 Å². The Morgan fingerprint density at radius 1 is 0.524 bits per heavy atom. The highest BCUT2D eigenvalue weighted by atomic mass is 16.3. The first kappa shape index (κ1) is 35.8. The minimum atomic E-state index is -0.157. The van der Waals surface area contributed by atoms with Gasteiger partial charge in [-0.25, -0.2) is 0 Å². The van der Waals surface area contributed by atoms with Gasteiger partial charge in [0.25, 0.3) is 0 Å². The fourth-order valence-corrected chi connectivity index (χ4v) is 12.7. The number of anilines is 2. The molecule has 0 spiro atoms. The van der Waals surface area contributed by atoms with Crippen molar-refractivity contribution < 1.29 is 4.42 Å². The summed E-state index contributed by atoms with van der Waals surface area (Å²) >= 11 is 0. The van der Waals surface area contributed by atoms with Gasteiger partial charge in [0.1, 0.15) is 11.2 Å². The van der Waals surface area contributed by atoms with E-state index >= 15 is 0 Å². The van der Waals surface area contributed by atoms with Crippen LogP contribution in [-0.2, 0) is 16.2 Å². The second-order valence-corrected chi connectivity index (χ2v) is 21.0. The minimum absolute atomic E-state index is 0.0370. The van der Waals surface area contributed by atoms with Crippen molar-refractivity contribution in [3.63, 3.8) is 0 Å². The van der Waals surface area contributed by atoms with Crippen molar-refractivity contribution >= 4 is 72.9 Å². The molecule has 0 saturated carbocycles. The molecule has 0 atom stereocenters. The Balaban J connectivity index is 1.17. The Kier molecular flexibility index (Phi) is 6.49. The number of para-hydroxylation sites is 1. The lowest BCUT2D eigenvalue weighted by Gasteiger charge is -2.43. The fraction of sp³-hybridized carbons (Fsp3) is 0.186. The third-order valence-electron chi connectivity index (χ3n) is 15.8. The molecule has 0 fully saturated rings. The first-order chi connectivity index (χ1) is 30.3. The molecular weight excluding hydrogens is 763 g/mol. The summed E-state index contributed by atoms with van der Waals surface area (Å²) in [6.45, 7) is 18.8. The van der Waals surface area contributed by atoms with Crippen molar-refractivity contribution in [1.29, 1.82) is 0 Å². The monoisotopic (exact) mass is 810 g/mol. The third-order valence-corrected chi connectivity index (χ3v) is 15.8. The van der Waals surface area contributed by atoms with Crippen molar-refractivity contribution in [2.45, 2.75) is 71.6 Å². The molecule has 3 nitrogen and oxygen atoms in total. The quantitative estimate of drug-likeness (QED) is 0.154. The van der Waals surface area contributed by atoms with Crippen LogP contribution in [0.1, 0.15) is 81.8 Å². The molecule has 4 heteroatoms. The number of furan rings is 1. The Bertz CT molecular complexity index is 3740. The standard InChI is InChI=1S/C59H47BN2O/c1-32-25-42-40-26-38-35-15-9-12-18-44(35)59(7,8)47(38)31-50(40)62(34-23-21-33(22-24-34)57(2,3)4)60-48-30-46-39(36-16-10-13-19-45(36)58(46,5)6)27-51(48)61-49-28-41-37-17-11-14-20-52(37)63-53(41)29-43(49)54(32)56(61)55(42)60/h9-31H,1-8H3. The van der Waals surface area contributed by atoms with Crippen LogP contribution in [0.5, 0.6) is 0 Å². The molecule has 302 valence electrons. The summed E-state index contributed by atoms with van der Waals surface area (Å²) in [6.07, 6.45) is 0. The Hall–Kier alpha value is -6.78. The second-order valence-electron chi connectivity index (χ2n) is 21.0. The molecular formula is C59H47BN2O. The highest BCUT2D eigenvalue weighted by molar-refractivity contribution is 6.93. The van der Waals surface area contributed by atoms with Crippen LogP contribution in [0.15, 0.2) is 144 Å². The SMILES string of the molecule is Cc1cc2c3c4c1c1cc5oc6ccccc6c5cc1n4-c1cc4c(cc1B3N(c1ccc(C(C)(C)C)cc1)c1cc3c(cc1-2)-c1ccccc1C3(C)C)C(C)(C)c1ccccc1-4. The molecule has 0 radical (unpaired) electrons. The van der Waals surface area contributed by atoms with E-state index in [2.05, 4.69) is 204 Å². The van der Waals surface area contributed by atoms with Crippen LogP contribution >= 0.6 is 0 Å². The molecule has 2 aliphatic heterocycles. The van der Waals surface area contributed by atoms with Gasteiger partial charge >= 0.3 is 6.85 Å². The third kappa shape index (κ3) is 4.32. The summed E-state index contributed by atoms with van der Waals surface area (Å²) < 4.78 is 9.28. The summed E-state index contributed by atoms with van der Waals surface area (Å²) in [6, 6.07) is 53.7. The summed E-state index contributed by atoms with van der Waals surface area (Å²) in [5, 5.41) is 4.85. The van der Waals surface area contributed by atoms with Gasteiger partial charge in [-0.1, -0.05) is 139 Å². The predicted octanol–water partition coefficient (Wildman–Crippen LogP) is 14.1. The molecule has 0 unspecified atom stereocenters. The molecule has 10 aromatic rings. The van der Waals surface area contributed by atoms with Gasteiger partial charge in [-0.15, -0.1) is 0 Å². The number of fused-ring (bicyclic) bond motifs is 17. The average molecular weight is 811 g/mol. The number of rotatable bonds is 1. The van der Waals surface area contributed by atoms with Gasteiger partial charge in [0.15, 0.2) is 0 Å². The van der Waals surface area contributed by atoms with Gasteiger partial charge in [-0.05, 0) is 133 Å². The molecule has 2 aliphatic carbocycles. The molecule has 0 bridgehead atoms. The van der Waals surface area contributed by atoms with Crippen LogP contribution < -0.4 is 15.7 Å². The number of aryl methyl sites for hydroxylation is 1. The van der Waals surface area contributed by atoms with Crippen molar-refractivity contribution in [2.75, 3.05) is 4.81 Å². The van der Waals surface area contributed by atoms with Crippen LogP contribution in [0.4, 0.5) is 11.4 Å². The van der Waals surface area contributed by atoms with E-state index in [0.29, 0.717) is 0 Å². The number of nitrogens with zero attached hydrogens (tertiary/aromatic N) is 2. The maximum absolute atomic E-state index is 6.63. The summed E-state index contributed by atoms with van der Waals surface area (Å²) in [5.74, 6) is 0. The van der Waals surface area contributed by atoms with Crippen molar-refractivity contribution in [2.24, 2.45) is 0 Å². The zero-order valence-electron chi connectivity index (χ0n) is 37.2. The normalized spacial score (nSPS) is 15.8. The van der Waals surface area contributed by atoms with Gasteiger partial charge in [0.2, 0.25) is 0 Å². The number of benzene rings is 8. The topological polar surface area (TPSA) is 21.3 Å². The summed E-state index contributed by atoms with van der Waals surface area (Å²) in [4.78, 5) is 2.72. The fourth-order valence-electron chi connectivity index (χ4n) is 12.7. The number of aromatic nitrogens is 1. The van der Waals surface area contributed by atoms with E-state index in [0.717, 1.165) is 21.9 Å². The molecule has 0 saturated heterocycles. The maximum atomic E-state index is 6.63. The molecule has 8 aromatic carbocycles. The lowest BCUT2D eigenvalue weighted by atomic mass is 9.43. The van der Waals surface area contributed by atoms with E-state index in [1.165, 1.54) is 117 Å². The highest BCUT2D eigenvalue weighted by Gasteiger charge is 2.48. The predicted molar refractivity (Wildman–Crippen MR) is 266 cm³/mol. The zero-order valence-corrected chi connectivity index (χ0v) is 37.2. The molecule has 14 rings (SSSR count). The molecule has 4 aliphatic rings. The van der Waals surface area contributed by atoms with Crippen LogP contribution in [0, 0.1) is 6.92 Å². The number of hydrogen-bond acceptors (Lipinski definition) is 2. The minimum Gasteiger partial charge on any atom is -0.456 e. The van der Waals surface area contributed by atoms with Crippen LogP contribution in [0.3, 0.4) is 0 Å². The van der Waals surface area contributed by atoms with Crippen molar-refractivity contribution in [3.05, 3.63) is 173 Å². The van der Waals surface area contributed by atoms with Crippen molar-refractivity contribution in [3.8, 4) is 39.1 Å². The molecule has 4 heterocycles. The summed E-state index contributed by atoms with van der Waals surface area (Å²) in [7, 11) is 0. The van der Waals surface area contributed by atoms with Crippen LogP contribution in [-0.4, -0.2) is 11.4 Å². The van der Waals surface area contributed by atoms with Gasteiger partial charge in [0, 0.05) is 55.0 Å². The van der Waals surface area contributed by atoms with Crippen LogP contribution in [0.2, 0.25) is 0 Å². The van der Waals surface area contributed by atoms with Crippen LogP contribution in [0.25, 0.3) is 82.8 Å². The van der Waals surface area contributed by atoms with Gasteiger partial charge in [-0.2, -0.15) is 0 Å². The average Bonchev–Trinajstić information content (AvgIpc) is 3.95. The highest BCUT2D eigenvalue weighted by Crippen LogP contribution is 2.56. The largest absolute Gasteiger partial charge is 0.456 e.